The van der Waals surface area contributed by atoms with Gasteiger partial charge in [-0.15, -0.1) is 0 Å². The molecule has 1 aliphatic rings. The molecular formula is C23H24N2O2. The molecule has 2 aromatic carbocycles. The first-order valence-corrected chi connectivity index (χ1v) is 9.51. The van der Waals surface area contributed by atoms with Crippen molar-refractivity contribution in [2.24, 2.45) is 0 Å². The van der Waals surface area contributed by atoms with Gasteiger partial charge in [0.1, 0.15) is 5.75 Å². The summed E-state index contributed by atoms with van der Waals surface area (Å²) < 4.78 is 5.25. The number of piperidine rings is 1. The molecule has 0 radical (unpaired) electrons. The van der Waals surface area contributed by atoms with Crippen molar-refractivity contribution in [3.63, 3.8) is 0 Å². The summed E-state index contributed by atoms with van der Waals surface area (Å²) in [5.41, 5.74) is 4.53. The quantitative estimate of drug-likeness (QED) is 0.671. The fourth-order valence-corrected chi connectivity index (χ4v) is 3.69. The monoisotopic (exact) mass is 360 g/mol. The number of methoxy groups -OCH3 is 1. The predicted molar refractivity (Wildman–Crippen MR) is 108 cm³/mol. The van der Waals surface area contributed by atoms with Crippen LogP contribution >= 0.6 is 0 Å². The van der Waals surface area contributed by atoms with E-state index in [1.165, 1.54) is 6.42 Å². The molecule has 2 heterocycles. The van der Waals surface area contributed by atoms with Gasteiger partial charge in [0.2, 0.25) is 0 Å². The third kappa shape index (κ3) is 3.52. The number of ether oxygens (including phenoxy) is 1. The highest BCUT2D eigenvalue weighted by Gasteiger charge is 2.21. The Morgan fingerprint density at radius 1 is 1.00 bits per heavy atom. The fourth-order valence-electron chi connectivity index (χ4n) is 3.69. The van der Waals surface area contributed by atoms with Gasteiger partial charge in [-0.1, -0.05) is 11.6 Å². The molecule has 0 atom stereocenters. The van der Waals surface area contributed by atoms with E-state index >= 15 is 0 Å². The molecule has 1 fully saturated rings. The highest BCUT2D eigenvalue weighted by molar-refractivity contribution is 6.07. The molecule has 3 aromatic rings. The van der Waals surface area contributed by atoms with Gasteiger partial charge in [0, 0.05) is 24.0 Å². The first kappa shape index (κ1) is 17.5. The van der Waals surface area contributed by atoms with Crippen molar-refractivity contribution in [2.45, 2.75) is 26.2 Å². The minimum absolute atomic E-state index is 0.113. The standard InChI is InChI=1S/C23H24N2O2/c1-16-6-11-21-19(14-16)20(23(26)25-12-4-3-5-13-25)15-22(24-21)17-7-9-18(27-2)10-8-17/h6-11,14-15H,3-5,12-13H2,1-2H3. The van der Waals surface area contributed by atoms with Gasteiger partial charge in [-0.05, 0) is 68.7 Å². The number of benzene rings is 2. The molecule has 0 spiro atoms. The summed E-state index contributed by atoms with van der Waals surface area (Å²) in [6, 6.07) is 15.9. The van der Waals surface area contributed by atoms with E-state index in [1.54, 1.807) is 7.11 Å². The fraction of sp³-hybridized carbons (Fsp3) is 0.304. The zero-order chi connectivity index (χ0) is 18.8. The first-order chi connectivity index (χ1) is 13.2. The Labute approximate surface area is 159 Å². The topological polar surface area (TPSA) is 42.4 Å². The second kappa shape index (κ2) is 7.39. The van der Waals surface area contributed by atoms with Crippen molar-refractivity contribution in [3.05, 3.63) is 59.7 Å². The second-order valence-corrected chi connectivity index (χ2v) is 7.16. The normalized spacial score (nSPS) is 14.4. The van der Waals surface area contributed by atoms with Crippen molar-refractivity contribution in [2.75, 3.05) is 20.2 Å². The first-order valence-electron chi connectivity index (χ1n) is 9.51. The van der Waals surface area contributed by atoms with E-state index in [4.69, 9.17) is 9.72 Å². The lowest BCUT2D eigenvalue weighted by Gasteiger charge is -2.27. The third-order valence-electron chi connectivity index (χ3n) is 5.22. The van der Waals surface area contributed by atoms with Crippen LogP contribution < -0.4 is 4.74 Å². The minimum atomic E-state index is 0.113. The highest BCUT2D eigenvalue weighted by atomic mass is 16.5. The second-order valence-electron chi connectivity index (χ2n) is 7.16. The van der Waals surface area contributed by atoms with E-state index in [2.05, 4.69) is 6.07 Å². The molecule has 1 aromatic heterocycles. The number of amides is 1. The summed E-state index contributed by atoms with van der Waals surface area (Å²) in [4.78, 5) is 20.1. The van der Waals surface area contributed by atoms with Gasteiger partial charge in [0.25, 0.3) is 5.91 Å². The lowest BCUT2D eigenvalue weighted by Crippen LogP contribution is -2.35. The van der Waals surface area contributed by atoms with E-state index in [1.807, 2.05) is 54.3 Å². The van der Waals surface area contributed by atoms with Gasteiger partial charge in [-0.25, -0.2) is 4.98 Å². The summed E-state index contributed by atoms with van der Waals surface area (Å²) in [5, 5.41) is 0.933. The Morgan fingerprint density at radius 3 is 2.44 bits per heavy atom. The molecule has 0 unspecified atom stereocenters. The van der Waals surface area contributed by atoms with Crippen LogP contribution in [0.5, 0.6) is 5.75 Å². The number of carbonyl (C=O) groups excluding carboxylic acids is 1. The molecule has 1 aliphatic heterocycles. The minimum Gasteiger partial charge on any atom is -0.497 e. The van der Waals surface area contributed by atoms with E-state index in [9.17, 15) is 4.79 Å². The third-order valence-corrected chi connectivity index (χ3v) is 5.22. The van der Waals surface area contributed by atoms with Crippen LogP contribution in [-0.4, -0.2) is 36.0 Å². The van der Waals surface area contributed by atoms with Crippen molar-refractivity contribution in [1.29, 1.82) is 0 Å². The maximum Gasteiger partial charge on any atom is 0.254 e. The number of carbonyl (C=O) groups is 1. The zero-order valence-electron chi connectivity index (χ0n) is 15.9. The molecule has 27 heavy (non-hydrogen) atoms. The number of rotatable bonds is 3. The van der Waals surface area contributed by atoms with Crippen LogP contribution in [0, 0.1) is 6.92 Å². The smallest absolute Gasteiger partial charge is 0.254 e. The summed E-state index contributed by atoms with van der Waals surface area (Å²) in [6.07, 6.45) is 3.37. The lowest BCUT2D eigenvalue weighted by atomic mass is 10.0. The summed E-state index contributed by atoms with van der Waals surface area (Å²) in [5.74, 6) is 0.919. The average Bonchev–Trinajstić information content (AvgIpc) is 2.73. The molecule has 4 rings (SSSR count). The van der Waals surface area contributed by atoms with Crippen molar-refractivity contribution in [1.82, 2.24) is 9.88 Å². The average molecular weight is 360 g/mol. The Balaban J connectivity index is 1.83. The number of fused-ring (bicyclic) bond motifs is 1. The van der Waals surface area contributed by atoms with E-state index in [0.29, 0.717) is 0 Å². The number of aryl methyl sites for hydroxylation is 1. The van der Waals surface area contributed by atoms with E-state index in [0.717, 1.165) is 65.0 Å². The maximum absolute atomic E-state index is 13.3. The lowest BCUT2D eigenvalue weighted by molar-refractivity contribution is 0.0726. The van der Waals surface area contributed by atoms with Crippen LogP contribution in [0.2, 0.25) is 0 Å². The number of hydrogen-bond acceptors (Lipinski definition) is 3. The number of likely N-dealkylation sites (tertiary alicyclic amines) is 1. The van der Waals surface area contributed by atoms with Crippen LogP contribution in [0.4, 0.5) is 0 Å². The van der Waals surface area contributed by atoms with Gasteiger partial charge < -0.3 is 9.64 Å². The van der Waals surface area contributed by atoms with Gasteiger partial charge >= 0.3 is 0 Å². The summed E-state index contributed by atoms with van der Waals surface area (Å²) in [6.45, 7) is 3.73. The predicted octanol–water partition coefficient (Wildman–Crippen LogP) is 4.84. The molecule has 0 saturated carbocycles. The van der Waals surface area contributed by atoms with Crippen LogP contribution in [-0.2, 0) is 0 Å². The van der Waals surface area contributed by atoms with E-state index in [-0.39, 0.29) is 5.91 Å². The Hall–Kier alpha value is -2.88. The zero-order valence-corrected chi connectivity index (χ0v) is 15.9. The van der Waals surface area contributed by atoms with Crippen molar-refractivity contribution < 1.29 is 9.53 Å². The Bertz CT molecular complexity index is 974. The van der Waals surface area contributed by atoms with Crippen molar-refractivity contribution >= 4 is 16.8 Å². The van der Waals surface area contributed by atoms with E-state index < -0.39 is 0 Å². The van der Waals surface area contributed by atoms with Crippen LogP contribution in [0.1, 0.15) is 35.2 Å². The molecule has 0 bridgehead atoms. The van der Waals surface area contributed by atoms with Crippen LogP contribution in [0.15, 0.2) is 48.5 Å². The Morgan fingerprint density at radius 2 is 1.74 bits per heavy atom. The van der Waals surface area contributed by atoms with Crippen LogP contribution in [0.3, 0.4) is 0 Å². The summed E-state index contributed by atoms with van der Waals surface area (Å²) >= 11 is 0. The largest absolute Gasteiger partial charge is 0.497 e. The molecule has 4 heteroatoms. The SMILES string of the molecule is COc1ccc(-c2cc(C(=O)N3CCCCC3)c3cc(C)ccc3n2)cc1. The molecule has 4 nitrogen and oxygen atoms in total. The van der Waals surface area contributed by atoms with Gasteiger partial charge in [0.05, 0.1) is 23.9 Å². The van der Waals surface area contributed by atoms with Crippen LogP contribution in [0.25, 0.3) is 22.2 Å². The molecule has 0 aliphatic carbocycles. The number of hydrogen-bond donors (Lipinski definition) is 0. The van der Waals surface area contributed by atoms with Crippen molar-refractivity contribution in [3.8, 4) is 17.0 Å². The summed E-state index contributed by atoms with van der Waals surface area (Å²) in [7, 11) is 1.65. The number of pyridine rings is 1. The molecular weight excluding hydrogens is 336 g/mol. The molecule has 1 saturated heterocycles. The molecule has 138 valence electrons. The van der Waals surface area contributed by atoms with Gasteiger partial charge in [-0.2, -0.15) is 0 Å². The number of aromatic nitrogens is 1. The molecule has 1 amide bonds. The molecule has 0 N–H and O–H groups in total. The maximum atomic E-state index is 13.3. The number of nitrogens with zero attached hydrogens (tertiary/aromatic N) is 2. The van der Waals surface area contributed by atoms with Gasteiger partial charge in [0.15, 0.2) is 0 Å². The Kier molecular flexibility index (Phi) is 4.80. The van der Waals surface area contributed by atoms with Gasteiger partial charge in [-0.3, -0.25) is 4.79 Å². The highest BCUT2D eigenvalue weighted by Crippen LogP contribution is 2.28.